The zero-order valence-electron chi connectivity index (χ0n) is 13.9. The molecule has 118 valence electrons. The molecule has 2 aliphatic rings. The Hall–Kier alpha value is -0.120. The fourth-order valence-corrected chi connectivity index (χ4v) is 3.81. The zero-order chi connectivity index (χ0) is 14.4. The van der Waals surface area contributed by atoms with Gasteiger partial charge in [-0.1, -0.05) is 12.8 Å². The average molecular weight is 281 g/mol. The van der Waals surface area contributed by atoms with Crippen molar-refractivity contribution < 1.29 is 0 Å². The van der Waals surface area contributed by atoms with Gasteiger partial charge in [0.05, 0.1) is 0 Å². The molecule has 0 bridgehead atoms. The van der Waals surface area contributed by atoms with E-state index in [4.69, 9.17) is 0 Å². The summed E-state index contributed by atoms with van der Waals surface area (Å²) in [7, 11) is 2.31. The molecule has 1 saturated heterocycles. The SMILES string of the molecule is CC(C)N1CCCC(NCCN(C)C2CCCC2)CC1. The van der Waals surface area contributed by atoms with Crippen LogP contribution in [0, 0.1) is 0 Å². The zero-order valence-corrected chi connectivity index (χ0v) is 13.9. The molecule has 0 aromatic carbocycles. The molecular weight excluding hydrogens is 246 g/mol. The summed E-state index contributed by atoms with van der Waals surface area (Å²) in [5, 5.41) is 3.81. The van der Waals surface area contributed by atoms with E-state index in [0.717, 1.165) is 12.1 Å². The minimum Gasteiger partial charge on any atom is -0.313 e. The van der Waals surface area contributed by atoms with E-state index in [0.29, 0.717) is 6.04 Å². The Bertz CT molecular complexity index is 261. The maximum absolute atomic E-state index is 3.81. The van der Waals surface area contributed by atoms with Gasteiger partial charge in [0.2, 0.25) is 0 Å². The summed E-state index contributed by atoms with van der Waals surface area (Å²) < 4.78 is 0. The van der Waals surface area contributed by atoms with Crippen LogP contribution in [0.4, 0.5) is 0 Å². The number of hydrogen-bond donors (Lipinski definition) is 1. The predicted molar refractivity (Wildman–Crippen MR) is 87.2 cm³/mol. The highest BCUT2D eigenvalue weighted by atomic mass is 15.2. The number of likely N-dealkylation sites (N-methyl/N-ethyl adjacent to an activating group) is 1. The van der Waals surface area contributed by atoms with Crippen molar-refractivity contribution in [2.45, 2.75) is 76.9 Å². The van der Waals surface area contributed by atoms with Crippen LogP contribution in [0.5, 0.6) is 0 Å². The van der Waals surface area contributed by atoms with Gasteiger partial charge in [0.25, 0.3) is 0 Å². The van der Waals surface area contributed by atoms with E-state index in [1.807, 2.05) is 0 Å². The molecule has 20 heavy (non-hydrogen) atoms. The first-order chi connectivity index (χ1) is 9.66. The molecule has 2 fully saturated rings. The van der Waals surface area contributed by atoms with Crippen molar-refractivity contribution in [2.75, 3.05) is 33.2 Å². The molecule has 0 aromatic rings. The molecule has 0 aromatic heterocycles. The standard InChI is InChI=1S/C17H35N3/c1-15(2)20-12-6-7-16(10-13-20)18-11-14-19(3)17-8-4-5-9-17/h15-18H,4-14H2,1-3H3. The summed E-state index contributed by atoms with van der Waals surface area (Å²) >= 11 is 0. The Balaban J connectivity index is 1.61. The van der Waals surface area contributed by atoms with Gasteiger partial charge in [-0.05, 0) is 66.1 Å². The minimum atomic E-state index is 0.710. The van der Waals surface area contributed by atoms with E-state index < -0.39 is 0 Å². The highest BCUT2D eigenvalue weighted by molar-refractivity contribution is 4.78. The average Bonchev–Trinajstić information content (AvgIpc) is 2.85. The maximum Gasteiger partial charge on any atom is 0.0107 e. The van der Waals surface area contributed by atoms with Gasteiger partial charge in [0, 0.05) is 31.2 Å². The molecule has 1 aliphatic heterocycles. The van der Waals surface area contributed by atoms with Crippen LogP contribution in [0.15, 0.2) is 0 Å². The number of likely N-dealkylation sites (tertiary alicyclic amines) is 1. The van der Waals surface area contributed by atoms with Gasteiger partial charge < -0.3 is 15.1 Å². The summed E-state index contributed by atoms with van der Waals surface area (Å²) in [4.78, 5) is 5.21. The lowest BCUT2D eigenvalue weighted by Gasteiger charge is -2.26. The minimum absolute atomic E-state index is 0.710. The molecule has 0 amide bonds. The molecule has 3 heteroatoms. The molecule has 1 N–H and O–H groups in total. The first kappa shape index (κ1) is 16.3. The van der Waals surface area contributed by atoms with E-state index in [2.05, 4.69) is 36.0 Å². The summed E-state index contributed by atoms with van der Waals surface area (Å²) in [6.07, 6.45) is 9.76. The van der Waals surface area contributed by atoms with Crippen LogP contribution in [0.1, 0.15) is 58.8 Å². The number of hydrogen-bond acceptors (Lipinski definition) is 3. The van der Waals surface area contributed by atoms with Gasteiger partial charge in [-0.3, -0.25) is 0 Å². The largest absolute Gasteiger partial charge is 0.313 e. The molecule has 1 aliphatic carbocycles. The Morgan fingerprint density at radius 2 is 1.80 bits per heavy atom. The Kier molecular flexibility index (Phi) is 6.79. The fourth-order valence-electron chi connectivity index (χ4n) is 3.81. The van der Waals surface area contributed by atoms with Crippen molar-refractivity contribution in [3.05, 3.63) is 0 Å². The van der Waals surface area contributed by atoms with E-state index >= 15 is 0 Å². The van der Waals surface area contributed by atoms with Crippen LogP contribution in [0.3, 0.4) is 0 Å². The van der Waals surface area contributed by atoms with Crippen LogP contribution < -0.4 is 5.32 Å². The lowest BCUT2D eigenvalue weighted by Crippen LogP contribution is -2.39. The van der Waals surface area contributed by atoms with E-state index in [9.17, 15) is 0 Å². The van der Waals surface area contributed by atoms with Crippen LogP contribution in [-0.2, 0) is 0 Å². The van der Waals surface area contributed by atoms with Gasteiger partial charge in [-0.15, -0.1) is 0 Å². The summed E-state index contributed by atoms with van der Waals surface area (Å²) in [5.41, 5.74) is 0. The Morgan fingerprint density at radius 3 is 2.50 bits per heavy atom. The van der Waals surface area contributed by atoms with Crippen LogP contribution in [0.2, 0.25) is 0 Å². The van der Waals surface area contributed by atoms with Crippen LogP contribution in [0.25, 0.3) is 0 Å². The van der Waals surface area contributed by atoms with Gasteiger partial charge in [0.15, 0.2) is 0 Å². The third-order valence-corrected chi connectivity index (χ3v) is 5.34. The molecule has 1 saturated carbocycles. The van der Waals surface area contributed by atoms with Crippen molar-refractivity contribution in [3.8, 4) is 0 Å². The first-order valence-electron chi connectivity index (χ1n) is 8.84. The third-order valence-electron chi connectivity index (χ3n) is 5.34. The summed E-state index contributed by atoms with van der Waals surface area (Å²) in [5.74, 6) is 0. The van der Waals surface area contributed by atoms with Crippen molar-refractivity contribution >= 4 is 0 Å². The molecule has 3 nitrogen and oxygen atoms in total. The molecule has 2 rings (SSSR count). The predicted octanol–water partition coefficient (Wildman–Crippen LogP) is 2.71. The van der Waals surface area contributed by atoms with Gasteiger partial charge >= 0.3 is 0 Å². The lowest BCUT2D eigenvalue weighted by molar-refractivity contribution is 0.226. The second-order valence-corrected chi connectivity index (χ2v) is 7.13. The van der Waals surface area contributed by atoms with Gasteiger partial charge in [0.1, 0.15) is 0 Å². The number of rotatable bonds is 6. The molecule has 0 spiro atoms. The highest BCUT2D eigenvalue weighted by Crippen LogP contribution is 2.22. The third kappa shape index (κ3) is 5.01. The van der Waals surface area contributed by atoms with Crippen molar-refractivity contribution in [2.24, 2.45) is 0 Å². The Morgan fingerprint density at radius 1 is 1.05 bits per heavy atom. The van der Waals surface area contributed by atoms with E-state index in [1.54, 1.807) is 0 Å². The van der Waals surface area contributed by atoms with E-state index in [-0.39, 0.29) is 0 Å². The lowest BCUT2D eigenvalue weighted by atomic mass is 10.1. The summed E-state index contributed by atoms with van der Waals surface area (Å²) in [6.45, 7) is 9.59. The molecule has 1 heterocycles. The quantitative estimate of drug-likeness (QED) is 0.807. The van der Waals surface area contributed by atoms with Crippen molar-refractivity contribution in [3.63, 3.8) is 0 Å². The second kappa shape index (κ2) is 8.35. The van der Waals surface area contributed by atoms with Crippen LogP contribution >= 0.6 is 0 Å². The van der Waals surface area contributed by atoms with Gasteiger partial charge in [-0.25, -0.2) is 0 Å². The van der Waals surface area contributed by atoms with Crippen LogP contribution in [-0.4, -0.2) is 61.2 Å². The second-order valence-electron chi connectivity index (χ2n) is 7.13. The maximum atomic E-state index is 3.81. The summed E-state index contributed by atoms with van der Waals surface area (Å²) in [6, 6.07) is 2.32. The van der Waals surface area contributed by atoms with Gasteiger partial charge in [-0.2, -0.15) is 0 Å². The number of nitrogens with one attached hydrogen (secondary N) is 1. The highest BCUT2D eigenvalue weighted by Gasteiger charge is 2.20. The smallest absolute Gasteiger partial charge is 0.0107 e. The fraction of sp³-hybridized carbons (Fsp3) is 1.00. The van der Waals surface area contributed by atoms with Crippen molar-refractivity contribution in [1.29, 1.82) is 0 Å². The molecule has 1 atom stereocenters. The molecule has 0 radical (unpaired) electrons. The topological polar surface area (TPSA) is 18.5 Å². The normalized spacial score (nSPS) is 26.6. The Labute approximate surface area is 126 Å². The molecular formula is C17H35N3. The van der Waals surface area contributed by atoms with Crippen molar-refractivity contribution in [1.82, 2.24) is 15.1 Å². The number of nitrogens with zero attached hydrogens (tertiary/aromatic N) is 2. The first-order valence-corrected chi connectivity index (χ1v) is 8.84. The monoisotopic (exact) mass is 281 g/mol. The van der Waals surface area contributed by atoms with E-state index in [1.165, 1.54) is 71.1 Å². The molecule has 1 unspecified atom stereocenters.